The molecule has 5 nitrogen and oxygen atoms in total. The average Bonchev–Trinajstić information content (AvgIpc) is 2.80. The predicted octanol–water partition coefficient (Wildman–Crippen LogP) is 4.22. The molecule has 166 valence electrons. The van der Waals surface area contributed by atoms with Crippen molar-refractivity contribution in [3.63, 3.8) is 0 Å². The molecule has 1 unspecified atom stereocenters. The van der Waals surface area contributed by atoms with Crippen LogP contribution in [-0.4, -0.2) is 43.0 Å². The predicted molar refractivity (Wildman–Crippen MR) is 119 cm³/mol. The number of carbonyl (C=O) groups is 2. The standard InChI is InChI=1S/C25H31FN2O3/c1-2-3-17-31-23-12-6-19(7-13-23)14-15-27-24(29)21-5-4-16-28(18-21)25(30)20-8-10-22(26)11-9-20/h6-13,21H,2-5,14-18H2,1H3,(H,27,29). The Balaban J connectivity index is 1.43. The van der Waals surface area contributed by atoms with Gasteiger partial charge in [-0.05, 0) is 67.6 Å². The number of likely N-dealkylation sites (tertiary alicyclic amines) is 1. The van der Waals surface area contributed by atoms with Crippen LogP contribution in [0.2, 0.25) is 0 Å². The molecule has 0 aliphatic carbocycles. The van der Waals surface area contributed by atoms with Crippen molar-refractivity contribution in [1.82, 2.24) is 10.2 Å². The van der Waals surface area contributed by atoms with Crippen molar-refractivity contribution >= 4 is 11.8 Å². The molecule has 1 atom stereocenters. The third-order valence-corrected chi connectivity index (χ3v) is 5.57. The minimum absolute atomic E-state index is 0.0175. The zero-order valence-electron chi connectivity index (χ0n) is 18.1. The van der Waals surface area contributed by atoms with E-state index >= 15 is 0 Å². The van der Waals surface area contributed by atoms with Crippen LogP contribution in [0.25, 0.3) is 0 Å². The first-order valence-electron chi connectivity index (χ1n) is 11.1. The maximum Gasteiger partial charge on any atom is 0.253 e. The molecule has 1 N–H and O–H groups in total. The summed E-state index contributed by atoms with van der Waals surface area (Å²) in [6.45, 7) is 4.43. The fourth-order valence-corrected chi connectivity index (χ4v) is 3.71. The number of benzene rings is 2. The van der Waals surface area contributed by atoms with Crippen LogP contribution in [0.5, 0.6) is 5.75 Å². The summed E-state index contributed by atoms with van der Waals surface area (Å²) >= 11 is 0. The summed E-state index contributed by atoms with van der Waals surface area (Å²) in [7, 11) is 0. The van der Waals surface area contributed by atoms with Gasteiger partial charge < -0.3 is 15.0 Å². The van der Waals surface area contributed by atoms with Gasteiger partial charge in [0.25, 0.3) is 5.91 Å². The number of amides is 2. The van der Waals surface area contributed by atoms with Crippen LogP contribution in [0.4, 0.5) is 4.39 Å². The number of hydrogen-bond donors (Lipinski definition) is 1. The molecule has 2 aromatic rings. The number of carbonyl (C=O) groups excluding carboxylic acids is 2. The summed E-state index contributed by atoms with van der Waals surface area (Å²) in [5.41, 5.74) is 1.59. The Morgan fingerprint density at radius 2 is 1.87 bits per heavy atom. The summed E-state index contributed by atoms with van der Waals surface area (Å²) in [6, 6.07) is 13.5. The number of piperidine rings is 1. The van der Waals surface area contributed by atoms with Crippen molar-refractivity contribution < 1.29 is 18.7 Å². The lowest BCUT2D eigenvalue weighted by molar-refractivity contribution is -0.126. The van der Waals surface area contributed by atoms with Gasteiger partial charge in [0.1, 0.15) is 11.6 Å². The number of unbranched alkanes of at least 4 members (excludes halogenated alkanes) is 1. The monoisotopic (exact) mass is 426 g/mol. The Morgan fingerprint density at radius 1 is 1.13 bits per heavy atom. The summed E-state index contributed by atoms with van der Waals surface area (Å²) in [5, 5.41) is 3.01. The molecule has 0 saturated carbocycles. The number of ether oxygens (including phenoxy) is 1. The van der Waals surface area contributed by atoms with Gasteiger partial charge in [-0.3, -0.25) is 9.59 Å². The molecule has 31 heavy (non-hydrogen) atoms. The molecule has 0 aromatic heterocycles. The maximum absolute atomic E-state index is 13.1. The lowest BCUT2D eigenvalue weighted by Crippen LogP contribution is -2.45. The van der Waals surface area contributed by atoms with Crippen LogP contribution in [0.3, 0.4) is 0 Å². The van der Waals surface area contributed by atoms with Crippen molar-refractivity contribution in [1.29, 1.82) is 0 Å². The number of nitrogens with zero attached hydrogens (tertiary/aromatic N) is 1. The number of nitrogens with one attached hydrogen (secondary N) is 1. The van der Waals surface area contributed by atoms with Crippen molar-refractivity contribution in [2.75, 3.05) is 26.2 Å². The van der Waals surface area contributed by atoms with Gasteiger partial charge >= 0.3 is 0 Å². The van der Waals surface area contributed by atoms with Crippen LogP contribution in [0.15, 0.2) is 48.5 Å². The molecule has 3 rings (SSSR count). The molecular formula is C25H31FN2O3. The zero-order valence-corrected chi connectivity index (χ0v) is 18.1. The Labute approximate surface area is 183 Å². The number of rotatable bonds is 9. The fraction of sp³-hybridized carbons (Fsp3) is 0.440. The van der Waals surface area contributed by atoms with E-state index in [4.69, 9.17) is 4.74 Å². The zero-order chi connectivity index (χ0) is 22.1. The molecule has 1 aliphatic rings. The highest BCUT2D eigenvalue weighted by Gasteiger charge is 2.28. The van der Waals surface area contributed by atoms with Crippen LogP contribution < -0.4 is 10.1 Å². The quantitative estimate of drug-likeness (QED) is 0.611. The van der Waals surface area contributed by atoms with Gasteiger partial charge in [-0.25, -0.2) is 4.39 Å². The van der Waals surface area contributed by atoms with E-state index in [1.54, 1.807) is 4.90 Å². The average molecular weight is 427 g/mol. The van der Waals surface area contributed by atoms with Gasteiger partial charge in [-0.1, -0.05) is 25.5 Å². The van der Waals surface area contributed by atoms with Gasteiger partial charge in [0.2, 0.25) is 5.91 Å². The summed E-state index contributed by atoms with van der Waals surface area (Å²) < 4.78 is 18.8. The van der Waals surface area contributed by atoms with Crippen LogP contribution in [0.1, 0.15) is 48.5 Å². The minimum Gasteiger partial charge on any atom is -0.494 e. The maximum atomic E-state index is 13.1. The molecular weight excluding hydrogens is 395 g/mol. The van der Waals surface area contributed by atoms with Crippen LogP contribution >= 0.6 is 0 Å². The summed E-state index contributed by atoms with van der Waals surface area (Å²) in [6.07, 6.45) is 4.44. The summed E-state index contributed by atoms with van der Waals surface area (Å²) in [5.74, 6) is 0.114. The summed E-state index contributed by atoms with van der Waals surface area (Å²) in [4.78, 5) is 27.0. The third-order valence-electron chi connectivity index (χ3n) is 5.57. The van der Waals surface area contributed by atoms with E-state index in [-0.39, 0.29) is 23.5 Å². The van der Waals surface area contributed by atoms with Gasteiger partial charge in [0.05, 0.1) is 12.5 Å². The number of hydrogen-bond acceptors (Lipinski definition) is 3. The highest BCUT2D eigenvalue weighted by molar-refractivity contribution is 5.94. The highest BCUT2D eigenvalue weighted by Crippen LogP contribution is 2.19. The Kier molecular flexibility index (Phi) is 8.44. The van der Waals surface area contributed by atoms with E-state index in [2.05, 4.69) is 12.2 Å². The van der Waals surface area contributed by atoms with Crippen molar-refractivity contribution in [2.45, 2.75) is 39.0 Å². The van der Waals surface area contributed by atoms with Crippen molar-refractivity contribution in [2.24, 2.45) is 5.92 Å². The lowest BCUT2D eigenvalue weighted by Gasteiger charge is -2.32. The fourth-order valence-electron chi connectivity index (χ4n) is 3.71. The topological polar surface area (TPSA) is 58.6 Å². The molecule has 1 heterocycles. The Hall–Kier alpha value is -2.89. The first kappa shape index (κ1) is 22.8. The van der Waals surface area contributed by atoms with Gasteiger partial charge in [-0.2, -0.15) is 0 Å². The van der Waals surface area contributed by atoms with E-state index < -0.39 is 0 Å². The molecule has 1 fully saturated rings. The molecule has 2 amide bonds. The molecule has 6 heteroatoms. The van der Waals surface area contributed by atoms with Gasteiger partial charge in [-0.15, -0.1) is 0 Å². The SMILES string of the molecule is CCCCOc1ccc(CCNC(=O)C2CCCN(C(=O)c3ccc(F)cc3)C2)cc1. The highest BCUT2D eigenvalue weighted by atomic mass is 19.1. The normalized spacial score (nSPS) is 16.1. The van der Waals surface area contributed by atoms with Gasteiger partial charge in [0.15, 0.2) is 0 Å². The second-order valence-corrected chi connectivity index (χ2v) is 7.98. The van der Waals surface area contributed by atoms with E-state index in [1.165, 1.54) is 24.3 Å². The second-order valence-electron chi connectivity index (χ2n) is 7.98. The Morgan fingerprint density at radius 3 is 2.58 bits per heavy atom. The molecule has 1 aliphatic heterocycles. The second kappa shape index (κ2) is 11.5. The van der Waals surface area contributed by atoms with E-state index in [0.29, 0.717) is 25.2 Å². The molecule has 0 spiro atoms. The molecule has 2 aromatic carbocycles. The first-order valence-corrected chi connectivity index (χ1v) is 11.1. The van der Waals surface area contributed by atoms with E-state index in [0.717, 1.165) is 50.0 Å². The smallest absolute Gasteiger partial charge is 0.253 e. The Bertz CT molecular complexity index is 852. The lowest BCUT2D eigenvalue weighted by atomic mass is 9.96. The first-order chi connectivity index (χ1) is 15.1. The third kappa shape index (κ3) is 6.81. The van der Waals surface area contributed by atoms with Crippen molar-refractivity contribution in [3.8, 4) is 5.75 Å². The van der Waals surface area contributed by atoms with E-state index in [9.17, 15) is 14.0 Å². The van der Waals surface area contributed by atoms with Crippen LogP contribution in [0, 0.1) is 11.7 Å². The molecule has 0 bridgehead atoms. The van der Waals surface area contributed by atoms with Crippen molar-refractivity contribution in [3.05, 3.63) is 65.5 Å². The molecule has 1 saturated heterocycles. The van der Waals surface area contributed by atoms with E-state index in [1.807, 2.05) is 24.3 Å². The molecule has 0 radical (unpaired) electrons. The number of halogens is 1. The van der Waals surface area contributed by atoms with Crippen LogP contribution in [-0.2, 0) is 11.2 Å². The minimum atomic E-state index is -0.369. The van der Waals surface area contributed by atoms with Gasteiger partial charge in [0, 0.05) is 25.2 Å². The largest absolute Gasteiger partial charge is 0.494 e.